The molecule has 156 valence electrons. The van der Waals surface area contributed by atoms with Crippen molar-refractivity contribution in [1.29, 1.82) is 0 Å². The number of benzene rings is 2. The summed E-state index contributed by atoms with van der Waals surface area (Å²) >= 11 is 6.00. The van der Waals surface area contributed by atoms with Crippen molar-refractivity contribution in [2.45, 2.75) is 24.5 Å². The van der Waals surface area contributed by atoms with Crippen molar-refractivity contribution in [1.82, 2.24) is 4.90 Å². The van der Waals surface area contributed by atoms with E-state index in [2.05, 4.69) is 0 Å². The molecule has 1 fully saturated rings. The molecular weight excluding hydrogens is 422 g/mol. The monoisotopic (exact) mass is 437 g/mol. The Morgan fingerprint density at radius 1 is 1.13 bits per heavy atom. The summed E-state index contributed by atoms with van der Waals surface area (Å²) in [7, 11) is 0. The molecule has 2 aromatic rings. The molecule has 6 rings (SSSR count). The number of hydrogen-bond acceptors (Lipinski definition) is 6. The van der Waals surface area contributed by atoms with Gasteiger partial charge in [0.15, 0.2) is 23.4 Å². The van der Waals surface area contributed by atoms with Crippen LogP contribution in [-0.2, 0) is 9.53 Å². The van der Waals surface area contributed by atoms with Gasteiger partial charge >= 0.3 is 5.97 Å². The summed E-state index contributed by atoms with van der Waals surface area (Å²) in [6.07, 6.45) is 1.09. The van der Waals surface area contributed by atoms with Gasteiger partial charge < -0.3 is 19.1 Å². The largest absolute Gasteiger partial charge is 0.454 e. The third-order valence-electron chi connectivity index (χ3n) is 6.32. The normalized spacial score (nSPS) is 25.1. The van der Waals surface area contributed by atoms with Gasteiger partial charge in [0.05, 0.1) is 17.5 Å². The van der Waals surface area contributed by atoms with Crippen LogP contribution in [0.1, 0.15) is 38.6 Å². The number of fused-ring (bicyclic) bond motifs is 3. The predicted octanol–water partition coefficient (Wildman–Crippen LogP) is 3.12. The Kier molecular flexibility index (Phi) is 3.92. The average Bonchev–Trinajstić information content (AvgIpc) is 3.39. The molecule has 2 aromatic carbocycles. The van der Waals surface area contributed by atoms with Crippen LogP contribution >= 0.6 is 11.6 Å². The lowest BCUT2D eigenvalue weighted by molar-refractivity contribution is -0.125. The molecule has 0 aromatic heterocycles. The van der Waals surface area contributed by atoms with E-state index in [4.69, 9.17) is 25.8 Å². The summed E-state index contributed by atoms with van der Waals surface area (Å²) in [5, 5.41) is 0.398. The highest BCUT2D eigenvalue weighted by Crippen LogP contribution is 2.49. The van der Waals surface area contributed by atoms with Gasteiger partial charge in [-0.05, 0) is 54.0 Å². The number of esters is 1. The van der Waals surface area contributed by atoms with E-state index in [-0.39, 0.29) is 30.1 Å². The summed E-state index contributed by atoms with van der Waals surface area (Å²) in [6, 6.07) is 9.46. The smallest absolute Gasteiger partial charge is 0.338 e. The molecule has 3 aliphatic heterocycles. The zero-order valence-corrected chi connectivity index (χ0v) is 16.9. The van der Waals surface area contributed by atoms with Gasteiger partial charge in [0.25, 0.3) is 5.91 Å². The van der Waals surface area contributed by atoms with Gasteiger partial charge in [-0.3, -0.25) is 9.59 Å². The fraction of sp³-hybridized carbons (Fsp3) is 0.261. The highest BCUT2D eigenvalue weighted by atomic mass is 35.5. The molecule has 0 bridgehead atoms. The van der Waals surface area contributed by atoms with E-state index >= 15 is 0 Å². The second-order valence-corrected chi connectivity index (χ2v) is 8.41. The summed E-state index contributed by atoms with van der Waals surface area (Å²) in [5.74, 6) is -0.544. The highest BCUT2D eigenvalue weighted by molar-refractivity contribution is 6.30. The number of ketones is 1. The van der Waals surface area contributed by atoms with Crippen molar-refractivity contribution in [2.24, 2.45) is 0 Å². The third-order valence-corrected chi connectivity index (χ3v) is 6.56. The Hall–Kier alpha value is -3.32. The first kappa shape index (κ1) is 18.4. The highest BCUT2D eigenvalue weighted by Gasteiger charge is 2.53. The number of hydrogen-bond donors (Lipinski definition) is 0. The molecule has 1 saturated heterocycles. The Morgan fingerprint density at radius 2 is 1.94 bits per heavy atom. The van der Waals surface area contributed by atoms with Crippen molar-refractivity contribution in [2.75, 3.05) is 13.3 Å². The quantitative estimate of drug-likeness (QED) is 0.671. The molecule has 4 aliphatic rings. The molecule has 0 unspecified atom stereocenters. The van der Waals surface area contributed by atoms with Crippen LogP contribution in [-0.4, -0.2) is 48.0 Å². The van der Waals surface area contributed by atoms with E-state index in [1.54, 1.807) is 35.2 Å². The molecule has 0 spiro atoms. The number of halogens is 1. The maximum atomic E-state index is 13.2. The van der Waals surface area contributed by atoms with Crippen molar-refractivity contribution in [3.05, 3.63) is 69.8 Å². The Bertz CT molecular complexity index is 1200. The Labute approximate surface area is 182 Å². The number of carbonyl (C=O) groups is 3. The minimum atomic E-state index is -1.06. The molecule has 3 atom stereocenters. The van der Waals surface area contributed by atoms with Crippen molar-refractivity contribution in [3.8, 4) is 11.5 Å². The van der Waals surface area contributed by atoms with E-state index < -0.39 is 18.0 Å². The van der Waals surface area contributed by atoms with Gasteiger partial charge in [-0.1, -0.05) is 17.7 Å². The molecular formula is C23H16ClNO6. The maximum Gasteiger partial charge on any atom is 0.338 e. The second-order valence-electron chi connectivity index (χ2n) is 7.97. The standard InChI is InChI=1S/C23H16ClNO6/c24-13-3-1-2-12(6-13)23(28)31-21-16(26)7-11-4-5-25-20(11)19(21)14-8-17-18(30-10-29-17)9-15(14)22(25)27/h1-3,6-9,19-21H,4-5,10H2/t19-,20+,21+/m0/s1. The summed E-state index contributed by atoms with van der Waals surface area (Å²) in [6.45, 7) is 0.587. The van der Waals surface area contributed by atoms with Crippen molar-refractivity contribution < 1.29 is 28.6 Å². The fourth-order valence-electron chi connectivity index (χ4n) is 4.99. The lowest BCUT2D eigenvalue weighted by Crippen LogP contribution is -2.52. The van der Waals surface area contributed by atoms with Gasteiger partial charge in [-0.15, -0.1) is 0 Å². The molecule has 0 N–H and O–H groups in total. The van der Waals surface area contributed by atoms with Crippen molar-refractivity contribution >= 4 is 29.3 Å². The topological polar surface area (TPSA) is 82.1 Å². The maximum absolute atomic E-state index is 13.2. The van der Waals surface area contributed by atoms with Gasteiger partial charge in [0, 0.05) is 17.1 Å². The van der Waals surface area contributed by atoms with E-state index in [0.29, 0.717) is 40.6 Å². The molecule has 0 saturated carbocycles. The van der Waals surface area contributed by atoms with Crippen LogP contribution in [0.3, 0.4) is 0 Å². The van der Waals surface area contributed by atoms with Crippen molar-refractivity contribution in [3.63, 3.8) is 0 Å². The number of amides is 1. The van der Waals surface area contributed by atoms with Crippen LogP contribution < -0.4 is 9.47 Å². The third kappa shape index (κ3) is 2.69. The number of carbonyl (C=O) groups excluding carboxylic acids is 3. The number of nitrogens with zero attached hydrogens (tertiary/aromatic N) is 1. The van der Waals surface area contributed by atoms with Crippen LogP contribution in [0.2, 0.25) is 5.02 Å². The summed E-state index contributed by atoms with van der Waals surface area (Å²) in [4.78, 5) is 40.9. The van der Waals surface area contributed by atoms with Gasteiger partial charge in [-0.2, -0.15) is 0 Å². The molecule has 3 heterocycles. The minimum absolute atomic E-state index is 0.0709. The van der Waals surface area contributed by atoms with Crippen LogP contribution in [0.4, 0.5) is 0 Å². The van der Waals surface area contributed by atoms with Gasteiger partial charge in [0.1, 0.15) is 0 Å². The average molecular weight is 438 g/mol. The zero-order chi connectivity index (χ0) is 21.3. The molecule has 1 amide bonds. The SMILES string of the molecule is O=C(O[C@@H]1C(=O)C=C2CCN3C(=O)c4cc5c(cc4[C@H]1[C@@H]23)OCO5)c1cccc(Cl)c1. The van der Waals surface area contributed by atoms with E-state index in [9.17, 15) is 14.4 Å². The molecule has 0 radical (unpaired) electrons. The van der Waals surface area contributed by atoms with Crippen LogP contribution in [0.15, 0.2) is 48.0 Å². The summed E-state index contributed by atoms with van der Waals surface area (Å²) in [5.41, 5.74) is 2.24. The first-order chi connectivity index (χ1) is 15.0. The number of rotatable bonds is 2. The first-order valence-electron chi connectivity index (χ1n) is 9.96. The fourth-order valence-corrected chi connectivity index (χ4v) is 5.18. The Balaban J connectivity index is 1.46. The molecule has 7 nitrogen and oxygen atoms in total. The lowest BCUT2D eigenvalue weighted by atomic mass is 9.73. The second kappa shape index (κ2) is 6.59. The Morgan fingerprint density at radius 3 is 2.74 bits per heavy atom. The van der Waals surface area contributed by atoms with Crippen LogP contribution in [0, 0.1) is 0 Å². The van der Waals surface area contributed by atoms with Crippen LogP contribution in [0.5, 0.6) is 11.5 Å². The van der Waals surface area contributed by atoms with E-state index in [1.807, 2.05) is 0 Å². The van der Waals surface area contributed by atoms with Gasteiger partial charge in [-0.25, -0.2) is 4.79 Å². The molecule has 31 heavy (non-hydrogen) atoms. The van der Waals surface area contributed by atoms with Gasteiger partial charge in [0.2, 0.25) is 6.79 Å². The predicted molar refractivity (Wildman–Crippen MR) is 108 cm³/mol. The van der Waals surface area contributed by atoms with E-state index in [0.717, 1.165) is 5.57 Å². The van der Waals surface area contributed by atoms with E-state index in [1.165, 1.54) is 12.1 Å². The zero-order valence-electron chi connectivity index (χ0n) is 16.2. The number of ether oxygens (including phenoxy) is 3. The molecule has 8 heteroatoms. The minimum Gasteiger partial charge on any atom is -0.454 e. The van der Waals surface area contributed by atoms with Crippen LogP contribution in [0.25, 0.3) is 0 Å². The first-order valence-corrected chi connectivity index (χ1v) is 10.3. The lowest BCUT2D eigenvalue weighted by Gasteiger charge is -2.43. The summed E-state index contributed by atoms with van der Waals surface area (Å²) < 4.78 is 16.7. The molecule has 1 aliphatic carbocycles.